The number of carbonyl (C=O) groups excluding carboxylic acids is 1. The fraction of sp³-hybridized carbons (Fsp3) is 0.500. The number of fused-ring (bicyclic) bond motifs is 1. The Labute approximate surface area is 101 Å². The lowest BCUT2D eigenvalue weighted by Gasteiger charge is -2.40. The molecule has 1 aromatic rings. The van der Waals surface area contributed by atoms with Crippen LogP contribution in [0, 0.1) is 0 Å². The quantitative estimate of drug-likeness (QED) is 0.742. The van der Waals surface area contributed by atoms with Crippen molar-refractivity contribution < 1.29 is 14.3 Å². The van der Waals surface area contributed by atoms with Crippen molar-refractivity contribution in [3.63, 3.8) is 0 Å². The van der Waals surface area contributed by atoms with Gasteiger partial charge in [0.1, 0.15) is 6.61 Å². The second-order valence-electron chi connectivity index (χ2n) is 4.68. The molecule has 17 heavy (non-hydrogen) atoms. The molecule has 0 bridgehead atoms. The number of ether oxygens (including phenoxy) is 2. The number of ketones is 1. The number of hydrogen-bond donors (Lipinski definition) is 0. The van der Waals surface area contributed by atoms with Crippen LogP contribution in [0.4, 0.5) is 0 Å². The standard InChI is InChI=1S/C14H16O3/c15-11-9-17-12-7-4-8-16-14(12)13(11)10-5-2-1-3-6-10/h1-3,5-6,12-14H,4,7-9H2/t12-,13-,14+/m1/s1. The lowest BCUT2D eigenvalue weighted by atomic mass is 9.83. The summed E-state index contributed by atoms with van der Waals surface area (Å²) in [7, 11) is 0. The minimum Gasteiger partial charge on any atom is -0.374 e. The lowest BCUT2D eigenvalue weighted by Crippen LogP contribution is -2.49. The number of rotatable bonds is 1. The summed E-state index contributed by atoms with van der Waals surface area (Å²) in [5.41, 5.74) is 1.05. The average molecular weight is 232 g/mol. The predicted octanol–water partition coefficient (Wildman–Crippen LogP) is 1.92. The SMILES string of the molecule is O=C1CO[C@@H]2CCCO[C@@H]2[C@@H]1c1ccccc1. The summed E-state index contributed by atoms with van der Waals surface area (Å²) >= 11 is 0. The van der Waals surface area contributed by atoms with Crippen LogP contribution in [0.2, 0.25) is 0 Å². The van der Waals surface area contributed by atoms with Crippen LogP contribution in [0.5, 0.6) is 0 Å². The van der Waals surface area contributed by atoms with E-state index in [4.69, 9.17) is 9.47 Å². The fourth-order valence-corrected chi connectivity index (χ4v) is 2.76. The fourth-order valence-electron chi connectivity index (χ4n) is 2.76. The highest BCUT2D eigenvalue weighted by Crippen LogP contribution is 2.34. The van der Waals surface area contributed by atoms with Gasteiger partial charge in [0.15, 0.2) is 5.78 Å². The molecule has 3 rings (SSSR count). The highest BCUT2D eigenvalue weighted by molar-refractivity contribution is 5.88. The maximum atomic E-state index is 12.0. The van der Waals surface area contributed by atoms with Crippen LogP contribution in [0.3, 0.4) is 0 Å². The molecule has 90 valence electrons. The smallest absolute Gasteiger partial charge is 0.168 e. The van der Waals surface area contributed by atoms with Gasteiger partial charge in [0.25, 0.3) is 0 Å². The second kappa shape index (κ2) is 4.59. The van der Waals surface area contributed by atoms with Gasteiger partial charge in [-0.1, -0.05) is 30.3 Å². The van der Waals surface area contributed by atoms with Crippen molar-refractivity contribution in [2.75, 3.05) is 13.2 Å². The van der Waals surface area contributed by atoms with Crippen LogP contribution in [-0.4, -0.2) is 31.2 Å². The lowest BCUT2D eigenvalue weighted by molar-refractivity contribution is -0.164. The van der Waals surface area contributed by atoms with Gasteiger partial charge in [0.2, 0.25) is 0 Å². The zero-order chi connectivity index (χ0) is 11.7. The van der Waals surface area contributed by atoms with Crippen LogP contribution >= 0.6 is 0 Å². The molecule has 0 spiro atoms. The summed E-state index contributed by atoms with van der Waals surface area (Å²) in [4.78, 5) is 12.0. The minimum atomic E-state index is -0.143. The number of Topliss-reactive ketones (excluding diaryl/α,β-unsaturated/α-hetero) is 1. The summed E-state index contributed by atoms with van der Waals surface area (Å²) in [6.45, 7) is 0.964. The summed E-state index contributed by atoms with van der Waals surface area (Å²) < 4.78 is 11.3. The van der Waals surface area contributed by atoms with Crippen LogP contribution < -0.4 is 0 Å². The monoisotopic (exact) mass is 232 g/mol. The maximum Gasteiger partial charge on any atom is 0.168 e. The van der Waals surface area contributed by atoms with E-state index in [0.29, 0.717) is 0 Å². The van der Waals surface area contributed by atoms with Gasteiger partial charge in [-0.3, -0.25) is 4.79 Å². The number of benzene rings is 1. The van der Waals surface area contributed by atoms with Gasteiger partial charge in [-0.15, -0.1) is 0 Å². The number of hydrogen-bond acceptors (Lipinski definition) is 3. The van der Waals surface area contributed by atoms with Gasteiger partial charge in [-0.25, -0.2) is 0 Å². The largest absolute Gasteiger partial charge is 0.374 e. The topological polar surface area (TPSA) is 35.5 Å². The molecular formula is C14H16O3. The van der Waals surface area contributed by atoms with Crippen molar-refractivity contribution in [1.29, 1.82) is 0 Å². The van der Waals surface area contributed by atoms with Gasteiger partial charge >= 0.3 is 0 Å². The van der Waals surface area contributed by atoms with Crippen molar-refractivity contribution in [3.8, 4) is 0 Å². The molecule has 2 heterocycles. The zero-order valence-electron chi connectivity index (χ0n) is 9.67. The highest BCUT2D eigenvalue weighted by atomic mass is 16.5. The average Bonchev–Trinajstić information content (AvgIpc) is 2.39. The molecule has 2 saturated heterocycles. The molecule has 0 aliphatic carbocycles. The molecular weight excluding hydrogens is 216 g/mol. The van der Waals surface area contributed by atoms with Gasteiger partial charge in [-0.05, 0) is 18.4 Å². The van der Waals surface area contributed by atoms with Gasteiger partial charge in [0, 0.05) is 6.61 Å². The Morgan fingerprint density at radius 1 is 1.12 bits per heavy atom. The Morgan fingerprint density at radius 2 is 1.94 bits per heavy atom. The van der Waals surface area contributed by atoms with Crippen LogP contribution in [0.15, 0.2) is 30.3 Å². The Balaban J connectivity index is 1.91. The van der Waals surface area contributed by atoms with Crippen molar-refractivity contribution in [1.82, 2.24) is 0 Å². The third kappa shape index (κ3) is 2.01. The van der Waals surface area contributed by atoms with E-state index in [0.717, 1.165) is 25.0 Å². The van der Waals surface area contributed by atoms with Crippen molar-refractivity contribution in [3.05, 3.63) is 35.9 Å². The Bertz CT molecular complexity index is 401. The van der Waals surface area contributed by atoms with Gasteiger partial charge in [0.05, 0.1) is 18.1 Å². The van der Waals surface area contributed by atoms with Crippen molar-refractivity contribution >= 4 is 5.78 Å². The normalized spacial score (nSPS) is 33.2. The molecule has 0 amide bonds. The Hall–Kier alpha value is -1.19. The summed E-state index contributed by atoms with van der Waals surface area (Å²) in [5.74, 6) is -0.00500. The molecule has 0 saturated carbocycles. The molecule has 3 nitrogen and oxygen atoms in total. The van der Waals surface area contributed by atoms with E-state index < -0.39 is 0 Å². The Kier molecular flexibility index (Phi) is 2.95. The first-order valence-electron chi connectivity index (χ1n) is 6.17. The molecule has 3 atom stereocenters. The molecule has 2 aliphatic heterocycles. The molecule has 0 aromatic heterocycles. The molecule has 1 aromatic carbocycles. The van der Waals surface area contributed by atoms with Crippen LogP contribution in [0.25, 0.3) is 0 Å². The molecule has 0 radical (unpaired) electrons. The highest BCUT2D eigenvalue weighted by Gasteiger charge is 2.42. The Morgan fingerprint density at radius 3 is 2.76 bits per heavy atom. The molecule has 0 unspecified atom stereocenters. The first-order valence-corrected chi connectivity index (χ1v) is 6.17. The third-order valence-electron chi connectivity index (χ3n) is 3.58. The number of carbonyl (C=O) groups is 1. The maximum absolute atomic E-state index is 12.0. The first-order chi connectivity index (χ1) is 8.36. The van der Waals surface area contributed by atoms with E-state index in [1.807, 2.05) is 30.3 Å². The summed E-state index contributed by atoms with van der Waals surface area (Å²) in [6.07, 6.45) is 2.03. The van der Waals surface area contributed by atoms with Crippen LogP contribution in [-0.2, 0) is 14.3 Å². The summed E-state index contributed by atoms with van der Waals surface area (Å²) in [5, 5.41) is 0. The van der Waals surface area contributed by atoms with E-state index in [1.165, 1.54) is 0 Å². The second-order valence-corrected chi connectivity index (χ2v) is 4.68. The van der Waals surface area contributed by atoms with E-state index >= 15 is 0 Å². The summed E-state index contributed by atoms with van der Waals surface area (Å²) in [6, 6.07) is 9.91. The van der Waals surface area contributed by atoms with Gasteiger partial charge < -0.3 is 9.47 Å². The molecule has 3 heteroatoms. The zero-order valence-corrected chi connectivity index (χ0v) is 9.67. The van der Waals surface area contributed by atoms with Crippen molar-refractivity contribution in [2.45, 2.75) is 31.0 Å². The van der Waals surface area contributed by atoms with E-state index in [-0.39, 0.29) is 30.5 Å². The third-order valence-corrected chi connectivity index (χ3v) is 3.58. The van der Waals surface area contributed by atoms with E-state index in [2.05, 4.69) is 0 Å². The molecule has 0 N–H and O–H groups in total. The van der Waals surface area contributed by atoms with Crippen LogP contribution in [0.1, 0.15) is 24.3 Å². The molecule has 2 fully saturated rings. The minimum absolute atomic E-state index is 0.0895. The van der Waals surface area contributed by atoms with E-state index in [9.17, 15) is 4.79 Å². The predicted molar refractivity (Wildman–Crippen MR) is 62.9 cm³/mol. The van der Waals surface area contributed by atoms with E-state index in [1.54, 1.807) is 0 Å². The molecule has 2 aliphatic rings. The van der Waals surface area contributed by atoms with Gasteiger partial charge in [-0.2, -0.15) is 0 Å². The first kappa shape index (κ1) is 10.9. The van der Waals surface area contributed by atoms with Crippen molar-refractivity contribution in [2.24, 2.45) is 0 Å².